The van der Waals surface area contributed by atoms with E-state index in [1.54, 1.807) is 15.7 Å². The molecule has 0 bridgehead atoms. The average molecular weight is 562 g/mol. The van der Waals surface area contributed by atoms with Gasteiger partial charge in [-0.25, -0.2) is 23.4 Å². The number of carbonyl (C=O) groups is 1. The van der Waals surface area contributed by atoms with E-state index in [2.05, 4.69) is 15.1 Å². The van der Waals surface area contributed by atoms with Crippen LogP contribution in [-0.4, -0.2) is 43.6 Å². The zero-order chi connectivity index (χ0) is 29.3. The van der Waals surface area contributed by atoms with Gasteiger partial charge in [0.05, 0.1) is 11.4 Å². The smallest absolute Gasteiger partial charge is 0.264 e. The molecule has 0 saturated carbocycles. The fourth-order valence-corrected chi connectivity index (χ4v) is 4.88. The zero-order valence-corrected chi connectivity index (χ0v) is 22.3. The van der Waals surface area contributed by atoms with E-state index in [1.165, 1.54) is 30.6 Å². The Morgan fingerprint density at radius 1 is 1.20 bits per heavy atom. The summed E-state index contributed by atoms with van der Waals surface area (Å²) in [6.45, 7) is 4.54. The van der Waals surface area contributed by atoms with Crippen LogP contribution in [0.15, 0.2) is 54.4 Å². The van der Waals surface area contributed by atoms with Gasteiger partial charge in [-0.3, -0.25) is 4.79 Å². The van der Waals surface area contributed by atoms with Crippen molar-refractivity contribution in [2.45, 2.75) is 32.7 Å². The van der Waals surface area contributed by atoms with Crippen LogP contribution in [0.5, 0.6) is 11.5 Å². The summed E-state index contributed by atoms with van der Waals surface area (Å²) in [6.07, 6.45) is 4.24. The lowest BCUT2D eigenvalue weighted by Gasteiger charge is -2.33. The van der Waals surface area contributed by atoms with Crippen LogP contribution in [-0.2, 0) is 4.79 Å². The van der Waals surface area contributed by atoms with E-state index in [-0.39, 0.29) is 58.6 Å². The maximum Gasteiger partial charge on any atom is 0.264 e. The van der Waals surface area contributed by atoms with Crippen molar-refractivity contribution in [3.8, 4) is 28.8 Å². The molecule has 4 aromatic rings. The Morgan fingerprint density at radius 3 is 2.73 bits per heavy atom. The van der Waals surface area contributed by atoms with Crippen molar-refractivity contribution < 1.29 is 22.7 Å². The SMILES string of the molecule is CC(C)/C=C(/C#N)C(=O)N1CCC[C@H](n2nc(-c3ccc(Oc4cccc(F)c4F)cc3F)c3c(N)ncnc32)C1. The summed E-state index contributed by atoms with van der Waals surface area (Å²) in [5.74, 6) is -3.68. The Balaban J connectivity index is 1.50. The number of halogens is 3. The predicted octanol–water partition coefficient (Wildman–Crippen LogP) is 5.55. The van der Waals surface area contributed by atoms with Gasteiger partial charge in [-0.1, -0.05) is 26.0 Å². The molecule has 1 aliphatic heterocycles. The summed E-state index contributed by atoms with van der Waals surface area (Å²) in [5, 5.41) is 14.5. The van der Waals surface area contributed by atoms with E-state index in [0.717, 1.165) is 12.1 Å². The van der Waals surface area contributed by atoms with Crippen LogP contribution in [0.4, 0.5) is 19.0 Å². The summed E-state index contributed by atoms with van der Waals surface area (Å²) in [7, 11) is 0. The molecular formula is C29H26F3N7O2. The summed E-state index contributed by atoms with van der Waals surface area (Å²) >= 11 is 0. The highest BCUT2D eigenvalue weighted by molar-refractivity contribution is 5.99. The first-order chi connectivity index (χ1) is 19.7. The number of aromatic nitrogens is 4. The Hall–Kier alpha value is -4.92. The molecule has 3 heterocycles. The van der Waals surface area contributed by atoms with Gasteiger partial charge >= 0.3 is 0 Å². The van der Waals surface area contributed by atoms with E-state index in [0.29, 0.717) is 30.4 Å². The number of hydrogen-bond donors (Lipinski definition) is 1. The molecule has 2 N–H and O–H groups in total. The van der Waals surface area contributed by atoms with Crippen LogP contribution < -0.4 is 10.5 Å². The number of benzene rings is 2. The Bertz CT molecular complexity index is 1710. The number of piperidine rings is 1. The molecule has 0 aliphatic carbocycles. The number of nitrogens with two attached hydrogens (primary N) is 1. The predicted molar refractivity (Wildman–Crippen MR) is 145 cm³/mol. The number of fused-ring (bicyclic) bond motifs is 1. The number of nitriles is 1. The van der Waals surface area contributed by atoms with Gasteiger partial charge in [-0.2, -0.15) is 14.8 Å². The van der Waals surface area contributed by atoms with Crippen LogP contribution in [0.1, 0.15) is 32.7 Å². The summed E-state index contributed by atoms with van der Waals surface area (Å²) in [5.41, 5.74) is 6.89. The van der Waals surface area contributed by atoms with Crippen molar-refractivity contribution in [2.24, 2.45) is 5.92 Å². The highest BCUT2D eigenvalue weighted by atomic mass is 19.2. The molecule has 41 heavy (non-hydrogen) atoms. The van der Waals surface area contributed by atoms with Gasteiger partial charge in [0.2, 0.25) is 5.82 Å². The molecule has 1 saturated heterocycles. The molecule has 0 spiro atoms. The van der Waals surface area contributed by atoms with Gasteiger partial charge in [0.15, 0.2) is 17.2 Å². The second kappa shape index (κ2) is 11.3. The topological polar surface area (TPSA) is 123 Å². The van der Waals surface area contributed by atoms with Crippen molar-refractivity contribution in [3.05, 3.63) is 71.8 Å². The number of amides is 1. The summed E-state index contributed by atoms with van der Waals surface area (Å²) < 4.78 is 50.1. The quantitative estimate of drug-likeness (QED) is 0.242. The van der Waals surface area contributed by atoms with E-state index in [4.69, 9.17) is 10.5 Å². The van der Waals surface area contributed by atoms with Gasteiger partial charge in [-0.05, 0) is 43.0 Å². The van der Waals surface area contributed by atoms with Crippen molar-refractivity contribution in [1.29, 1.82) is 5.26 Å². The molecule has 2 aromatic heterocycles. The van der Waals surface area contributed by atoms with Crippen LogP contribution in [0.2, 0.25) is 0 Å². The van der Waals surface area contributed by atoms with Crippen molar-refractivity contribution in [1.82, 2.24) is 24.6 Å². The fourth-order valence-electron chi connectivity index (χ4n) is 4.88. The molecule has 1 amide bonds. The average Bonchev–Trinajstić information content (AvgIpc) is 3.34. The molecule has 210 valence electrons. The number of anilines is 1. The van der Waals surface area contributed by atoms with Gasteiger partial charge in [0.25, 0.3) is 5.91 Å². The first kappa shape index (κ1) is 27.6. The first-order valence-electron chi connectivity index (χ1n) is 13.0. The molecule has 1 aliphatic rings. The molecule has 0 unspecified atom stereocenters. The third-order valence-corrected chi connectivity index (χ3v) is 6.74. The standard InChI is InChI=1S/C29H26F3N7O2/c1-16(2)11-17(13-33)29(40)38-10-4-5-18(14-38)39-28-24(27(34)35-15-36-28)26(37-39)20-9-8-19(12-22(20)31)41-23-7-3-6-21(30)25(23)32/h3,6-9,11-12,15-16,18H,4-5,10,14H2,1-2H3,(H2,34,35,36)/b17-11-/t18-/m0/s1. The fraction of sp³-hybridized carbons (Fsp3) is 0.276. The molecule has 1 atom stereocenters. The monoisotopic (exact) mass is 561 g/mol. The van der Waals surface area contributed by atoms with Crippen LogP contribution in [0.3, 0.4) is 0 Å². The molecule has 9 nitrogen and oxygen atoms in total. The number of hydrogen-bond acceptors (Lipinski definition) is 7. The lowest BCUT2D eigenvalue weighted by Crippen LogP contribution is -2.41. The third-order valence-electron chi connectivity index (χ3n) is 6.74. The van der Waals surface area contributed by atoms with E-state index in [1.807, 2.05) is 19.9 Å². The lowest BCUT2D eigenvalue weighted by atomic mass is 10.0. The van der Waals surface area contributed by atoms with Gasteiger partial charge in [0.1, 0.15) is 41.0 Å². The summed E-state index contributed by atoms with van der Waals surface area (Å²) in [6, 6.07) is 8.97. The number of rotatable bonds is 6. The van der Waals surface area contributed by atoms with E-state index >= 15 is 4.39 Å². The Labute approximate surface area is 233 Å². The van der Waals surface area contributed by atoms with Crippen LogP contribution >= 0.6 is 0 Å². The molecule has 2 aromatic carbocycles. The number of ether oxygens (including phenoxy) is 1. The number of nitrogens with zero attached hydrogens (tertiary/aromatic N) is 6. The largest absolute Gasteiger partial charge is 0.454 e. The van der Waals surface area contributed by atoms with Crippen LogP contribution in [0.25, 0.3) is 22.3 Å². The molecule has 5 rings (SSSR count). The number of likely N-dealkylation sites (tertiary alicyclic amines) is 1. The minimum absolute atomic E-state index is 0.0334. The molecule has 1 fully saturated rings. The van der Waals surface area contributed by atoms with Crippen molar-refractivity contribution in [2.75, 3.05) is 18.8 Å². The van der Waals surface area contributed by atoms with E-state index < -0.39 is 17.5 Å². The Morgan fingerprint density at radius 2 is 2.00 bits per heavy atom. The number of carbonyl (C=O) groups excluding carboxylic acids is 1. The minimum Gasteiger partial charge on any atom is -0.454 e. The van der Waals surface area contributed by atoms with Gasteiger partial charge in [-0.15, -0.1) is 0 Å². The zero-order valence-electron chi connectivity index (χ0n) is 22.3. The molecule has 0 radical (unpaired) electrons. The van der Waals surface area contributed by atoms with Crippen molar-refractivity contribution >= 4 is 22.8 Å². The maximum atomic E-state index is 15.5. The third kappa shape index (κ3) is 5.43. The second-order valence-electron chi connectivity index (χ2n) is 10.0. The number of allylic oxidation sites excluding steroid dienone is 1. The normalized spacial score (nSPS) is 15.8. The Kier molecular flexibility index (Phi) is 7.61. The minimum atomic E-state index is -1.19. The second-order valence-corrected chi connectivity index (χ2v) is 10.0. The van der Waals surface area contributed by atoms with Gasteiger partial charge < -0.3 is 15.4 Å². The molecular weight excluding hydrogens is 535 g/mol. The van der Waals surface area contributed by atoms with Crippen molar-refractivity contribution in [3.63, 3.8) is 0 Å². The van der Waals surface area contributed by atoms with E-state index in [9.17, 15) is 18.8 Å². The highest BCUT2D eigenvalue weighted by Gasteiger charge is 2.30. The van der Waals surface area contributed by atoms with Crippen LogP contribution in [0, 0.1) is 34.7 Å². The number of nitrogen functional groups attached to an aromatic ring is 1. The lowest BCUT2D eigenvalue weighted by molar-refractivity contribution is -0.128. The molecule has 12 heteroatoms. The highest BCUT2D eigenvalue weighted by Crippen LogP contribution is 2.37. The maximum absolute atomic E-state index is 15.5. The van der Waals surface area contributed by atoms with Gasteiger partial charge in [0, 0.05) is 24.7 Å². The summed E-state index contributed by atoms with van der Waals surface area (Å²) in [4.78, 5) is 23.1. The first-order valence-corrected chi connectivity index (χ1v) is 13.0.